The fraction of sp³-hybridized carbons (Fsp3) is 0.118. The molecule has 6 heteroatoms. The number of aromatic nitrogens is 1. The van der Waals surface area contributed by atoms with E-state index in [2.05, 4.69) is 10.3 Å². The molecule has 0 aliphatic heterocycles. The van der Waals surface area contributed by atoms with Gasteiger partial charge in [-0.05, 0) is 24.3 Å². The minimum absolute atomic E-state index is 0.699. The van der Waals surface area contributed by atoms with E-state index < -0.39 is 0 Å². The Bertz CT molecular complexity index is 817. The van der Waals surface area contributed by atoms with Crippen molar-refractivity contribution in [1.82, 2.24) is 4.98 Å². The van der Waals surface area contributed by atoms with E-state index in [-0.39, 0.29) is 0 Å². The molecule has 1 aromatic heterocycles. The van der Waals surface area contributed by atoms with E-state index in [0.717, 1.165) is 33.5 Å². The molecule has 0 aliphatic rings. The summed E-state index contributed by atoms with van der Waals surface area (Å²) in [6.07, 6.45) is 0. The first-order valence-corrected chi connectivity index (χ1v) is 7.88. The lowest BCUT2D eigenvalue weighted by molar-refractivity contribution is 0.395. The van der Waals surface area contributed by atoms with Gasteiger partial charge in [0.15, 0.2) is 5.13 Å². The third-order valence-corrected chi connectivity index (χ3v) is 4.09. The number of thiazole rings is 1. The fourth-order valence-electron chi connectivity index (χ4n) is 2.18. The van der Waals surface area contributed by atoms with Crippen LogP contribution >= 0.6 is 11.3 Å². The average Bonchev–Trinajstić information content (AvgIpc) is 3.04. The number of hydrogen-bond acceptors (Lipinski definition) is 6. The highest BCUT2D eigenvalue weighted by atomic mass is 32.1. The number of benzene rings is 2. The molecule has 5 nitrogen and oxygen atoms in total. The Morgan fingerprint density at radius 1 is 1.09 bits per heavy atom. The van der Waals surface area contributed by atoms with Crippen molar-refractivity contribution in [2.24, 2.45) is 0 Å². The molecule has 0 radical (unpaired) electrons. The summed E-state index contributed by atoms with van der Waals surface area (Å²) in [4.78, 5) is 4.60. The highest BCUT2D eigenvalue weighted by Gasteiger charge is 2.09. The standard InChI is InChI=1S/C17H17N3O2S/c1-21-13-6-7-14(16(9-13)22-2)19-17-20-15(10-23-17)11-4-3-5-12(18)8-11/h3-10H,18H2,1-2H3,(H,19,20). The number of hydrogen-bond donors (Lipinski definition) is 2. The van der Waals surface area contributed by atoms with Gasteiger partial charge in [-0.2, -0.15) is 0 Å². The molecule has 0 fully saturated rings. The van der Waals surface area contributed by atoms with Crippen molar-refractivity contribution in [1.29, 1.82) is 0 Å². The van der Waals surface area contributed by atoms with Gasteiger partial charge >= 0.3 is 0 Å². The smallest absolute Gasteiger partial charge is 0.187 e. The lowest BCUT2D eigenvalue weighted by atomic mass is 10.1. The van der Waals surface area contributed by atoms with Crippen molar-refractivity contribution >= 4 is 27.8 Å². The van der Waals surface area contributed by atoms with E-state index in [9.17, 15) is 0 Å². The summed E-state index contributed by atoms with van der Waals surface area (Å²) < 4.78 is 10.6. The zero-order valence-electron chi connectivity index (χ0n) is 12.9. The molecule has 0 amide bonds. The van der Waals surface area contributed by atoms with E-state index in [0.29, 0.717) is 5.75 Å². The van der Waals surface area contributed by atoms with Crippen molar-refractivity contribution < 1.29 is 9.47 Å². The molecule has 0 spiro atoms. The monoisotopic (exact) mass is 327 g/mol. The van der Waals surface area contributed by atoms with Gasteiger partial charge in [-0.3, -0.25) is 0 Å². The van der Waals surface area contributed by atoms with Crippen molar-refractivity contribution in [3.63, 3.8) is 0 Å². The van der Waals surface area contributed by atoms with Crippen LogP contribution < -0.4 is 20.5 Å². The summed E-state index contributed by atoms with van der Waals surface area (Å²) >= 11 is 1.52. The molecule has 3 rings (SSSR count). The van der Waals surface area contributed by atoms with Crippen LogP contribution in [0.3, 0.4) is 0 Å². The Morgan fingerprint density at radius 2 is 1.96 bits per heavy atom. The zero-order chi connectivity index (χ0) is 16.2. The Hall–Kier alpha value is -2.73. The second kappa shape index (κ2) is 6.58. The third kappa shape index (κ3) is 3.37. The second-order valence-electron chi connectivity index (χ2n) is 4.85. The van der Waals surface area contributed by atoms with Crippen LogP contribution in [0.25, 0.3) is 11.3 Å². The molecule has 23 heavy (non-hydrogen) atoms. The molecule has 0 saturated heterocycles. The molecular weight excluding hydrogens is 310 g/mol. The number of methoxy groups -OCH3 is 2. The van der Waals surface area contributed by atoms with Gasteiger partial charge in [-0.15, -0.1) is 11.3 Å². The Morgan fingerprint density at radius 3 is 2.70 bits per heavy atom. The van der Waals surface area contributed by atoms with Gasteiger partial charge in [0.2, 0.25) is 0 Å². The molecule has 0 aliphatic carbocycles. The first-order valence-electron chi connectivity index (χ1n) is 7.00. The fourth-order valence-corrected chi connectivity index (χ4v) is 2.91. The van der Waals surface area contributed by atoms with E-state index >= 15 is 0 Å². The number of nitrogen functional groups attached to an aromatic ring is 1. The number of nitrogens with zero attached hydrogens (tertiary/aromatic N) is 1. The van der Waals surface area contributed by atoms with Gasteiger partial charge in [0, 0.05) is 22.7 Å². The molecular formula is C17H17N3O2S. The summed E-state index contributed by atoms with van der Waals surface area (Å²) in [5.41, 5.74) is 9.26. The Labute approximate surface area is 138 Å². The summed E-state index contributed by atoms with van der Waals surface area (Å²) in [5, 5.41) is 6.05. The maximum Gasteiger partial charge on any atom is 0.187 e. The summed E-state index contributed by atoms with van der Waals surface area (Å²) in [7, 11) is 3.25. The summed E-state index contributed by atoms with van der Waals surface area (Å²) in [6.45, 7) is 0. The van der Waals surface area contributed by atoms with E-state index in [1.165, 1.54) is 11.3 Å². The molecule has 0 atom stereocenters. The van der Waals surface area contributed by atoms with Crippen LogP contribution in [0.5, 0.6) is 11.5 Å². The number of nitrogens with one attached hydrogen (secondary N) is 1. The van der Waals surface area contributed by atoms with Crippen LogP contribution in [0.2, 0.25) is 0 Å². The second-order valence-corrected chi connectivity index (χ2v) is 5.71. The minimum atomic E-state index is 0.699. The highest BCUT2D eigenvalue weighted by molar-refractivity contribution is 7.14. The van der Waals surface area contributed by atoms with Crippen molar-refractivity contribution in [2.45, 2.75) is 0 Å². The van der Waals surface area contributed by atoms with Gasteiger partial charge in [0.05, 0.1) is 25.6 Å². The molecule has 3 aromatic rings. The minimum Gasteiger partial charge on any atom is -0.497 e. The number of ether oxygens (including phenoxy) is 2. The topological polar surface area (TPSA) is 69.4 Å². The van der Waals surface area contributed by atoms with Gasteiger partial charge < -0.3 is 20.5 Å². The van der Waals surface area contributed by atoms with Crippen LogP contribution in [0.1, 0.15) is 0 Å². The largest absolute Gasteiger partial charge is 0.497 e. The molecule has 118 valence electrons. The van der Waals surface area contributed by atoms with Crippen molar-refractivity contribution in [3.05, 3.63) is 47.8 Å². The Kier molecular flexibility index (Phi) is 4.34. The van der Waals surface area contributed by atoms with Crippen molar-refractivity contribution in [2.75, 3.05) is 25.3 Å². The van der Waals surface area contributed by atoms with Crippen LogP contribution in [0.15, 0.2) is 47.8 Å². The van der Waals surface area contributed by atoms with E-state index in [1.54, 1.807) is 14.2 Å². The lowest BCUT2D eigenvalue weighted by Gasteiger charge is -2.10. The van der Waals surface area contributed by atoms with Gasteiger partial charge in [0.1, 0.15) is 11.5 Å². The highest BCUT2D eigenvalue weighted by Crippen LogP contribution is 2.33. The number of nitrogens with two attached hydrogens (primary N) is 1. The van der Waals surface area contributed by atoms with Gasteiger partial charge in [0.25, 0.3) is 0 Å². The molecule has 0 unspecified atom stereocenters. The van der Waals surface area contributed by atoms with Crippen LogP contribution in [0, 0.1) is 0 Å². The number of anilines is 3. The summed E-state index contributed by atoms with van der Waals surface area (Å²) in [5.74, 6) is 1.44. The average molecular weight is 327 g/mol. The first-order chi connectivity index (χ1) is 11.2. The summed E-state index contributed by atoms with van der Waals surface area (Å²) in [6, 6.07) is 13.3. The molecule has 0 saturated carbocycles. The quantitative estimate of drug-likeness (QED) is 0.689. The lowest BCUT2D eigenvalue weighted by Crippen LogP contribution is -1.95. The van der Waals surface area contributed by atoms with Crippen molar-refractivity contribution in [3.8, 4) is 22.8 Å². The van der Waals surface area contributed by atoms with Gasteiger partial charge in [-0.25, -0.2) is 4.98 Å². The molecule has 3 N–H and O–H groups in total. The molecule has 0 bridgehead atoms. The predicted octanol–water partition coefficient (Wildman–Crippen LogP) is 4.15. The zero-order valence-corrected chi connectivity index (χ0v) is 13.7. The van der Waals surface area contributed by atoms with Gasteiger partial charge in [-0.1, -0.05) is 12.1 Å². The molecule has 1 heterocycles. The maximum atomic E-state index is 5.82. The molecule has 2 aromatic carbocycles. The van der Waals surface area contributed by atoms with Crippen LogP contribution in [-0.2, 0) is 0 Å². The number of rotatable bonds is 5. The first kappa shape index (κ1) is 15.2. The maximum absolute atomic E-state index is 5.82. The van der Waals surface area contributed by atoms with Crippen LogP contribution in [-0.4, -0.2) is 19.2 Å². The van der Waals surface area contributed by atoms with E-state index in [4.69, 9.17) is 15.2 Å². The normalized spacial score (nSPS) is 10.3. The Balaban J connectivity index is 1.84. The SMILES string of the molecule is COc1ccc(Nc2nc(-c3cccc(N)c3)cs2)c(OC)c1. The predicted molar refractivity (Wildman–Crippen MR) is 94.8 cm³/mol. The third-order valence-electron chi connectivity index (χ3n) is 3.34. The van der Waals surface area contributed by atoms with E-state index in [1.807, 2.05) is 47.8 Å². The van der Waals surface area contributed by atoms with Crippen LogP contribution in [0.4, 0.5) is 16.5 Å².